The molecule has 9 heteroatoms. The van der Waals surface area contributed by atoms with Gasteiger partial charge in [-0.1, -0.05) is 78.0 Å². The third-order valence-electron chi connectivity index (χ3n) is 5.76. The highest BCUT2D eigenvalue weighted by molar-refractivity contribution is 6.27. The van der Waals surface area contributed by atoms with Crippen LogP contribution in [0, 0.1) is 0 Å². The van der Waals surface area contributed by atoms with Crippen molar-refractivity contribution in [2.75, 3.05) is 13.1 Å². The molecule has 37 heavy (non-hydrogen) atoms. The number of likely N-dealkylation sites (tertiary alicyclic amines) is 1. The molecule has 1 aliphatic heterocycles. The number of carboxylic acids is 2. The largest absolute Gasteiger partial charge is 0.489 e. The molecule has 0 unspecified atom stereocenters. The minimum absolute atomic E-state index is 0.325. The average Bonchev–Trinajstić information content (AvgIpc) is 3.34. The van der Waals surface area contributed by atoms with E-state index in [1.165, 1.54) is 16.7 Å². The first-order valence-electron chi connectivity index (χ1n) is 11.8. The van der Waals surface area contributed by atoms with Gasteiger partial charge in [0.15, 0.2) is 5.82 Å². The van der Waals surface area contributed by atoms with Crippen molar-refractivity contribution in [3.05, 3.63) is 113 Å². The van der Waals surface area contributed by atoms with Gasteiger partial charge >= 0.3 is 11.9 Å². The van der Waals surface area contributed by atoms with Crippen molar-refractivity contribution >= 4 is 11.9 Å². The first-order chi connectivity index (χ1) is 18.0. The number of ether oxygens (including phenoxy) is 1. The molecule has 9 nitrogen and oxygen atoms in total. The van der Waals surface area contributed by atoms with Crippen LogP contribution in [0.4, 0.5) is 0 Å². The number of aromatic nitrogens is 2. The number of benzene rings is 3. The molecule has 0 amide bonds. The quantitative estimate of drug-likeness (QED) is 0.345. The van der Waals surface area contributed by atoms with Crippen LogP contribution in [-0.4, -0.2) is 50.3 Å². The summed E-state index contributed by atoms with van der Waals surface area (Å²) in [6.07, 6.45) is 0.708. The Balaban J connectivity index is 0.000000480. The third kappa shape index (κ3) is 7.74. The number of hydrogen-bond acceptors (Lipinski definition) is 7. The van der Waals surface area contributed by atoms with E-state index in [-0.39, 0.29) is 0 Å². The van der Waals surface area contributed by atoms with Crippen LogP contribution >= 0.6 is 0 Å². The molecule has 3 aromatic carbocycles. The molecule has 5 rings (SSSR count). The summed E-state index contributed by atoms with van der Waals surface area (Å²) in [6, 6.07) is 28.8. The second kappa shape index (κ2) is 12.5. The molecule has 0 atom stereocenters. The van der Waals surface area contributed by atoms with Crippen LogP contribution in [0.1, 0.15) is 34.3 Å². The van der Waals surface area contributed by atoms with E-state index in [1.54, 1.807) is 0 Å². The van der Waals surface area contributed by atoms with Crippen molar-refractivity contribution in [3.63, 3.8) is 0 Å². The molecule has 1 aromatic heterocycles. The zero-order chi connectivity index (χ0) is 26.0. The summed E-state index contributed by atoms with van der Waals surface area (Å²) in [7, 11) is 0. The number of carboxylic acid groups (broad SMARTS) is 2. The summed E-state index contributed by atoms with van der Waals surface area (Å²) >= 11 is 0. The molecule has 190 valence electrons. The van der Waals surface area contributed by atoms with E-state index in [9.17, 15) is 0 Å². The molecule has 1 aliphatic rings. The van der Waals surface area contributed by atoms with Gasteiger partial charge in [-0.2, -0.15) is 4.98 Å². The van der Waals surface area contributed by atoms with Crippen molar-refractivity contribution in [2.24, 2.45) is 0 Å². The SMILES string of the molecule is O=C(O)C(=O)O.c1ccc(COc2ccc(CN3CC(c4nc(Cc5ccccc5)no4)C3)cc2)cc1. The molecule has 2 heterocycles. The first-order valence-corrected chi connectivity index (χ1v) is 11.8. The van der Waals surface area contributed by atoms with Gasteiger partial charge < -0.3 is 19.5 Å². The normalized spacial score (nSPS) is 13.2. The van der Waals surface area contributed by atoms with Crippen molar-refractivity contribution < 1.29 is 29.1 Å². The highest BCUT2D eigenvalue weighted by Crippen LogP contribution is 2.28. The molecular weight excluding hydrogens is 474 g/mol. The molecule has 0 radical (unpaired) electrons. The maximum atomic E-state index is 9.10. The van der Waals surface area contributed by atoms with Crippen molar-refractivity contribution in [2.45, 2.75) is 25.5 Å². The standard InChI is InChI=1S/C26H25N3O2.C2H2O4/c1-3-7-20(8-4-1)15-25-27-26(31-28-25)23-17-29(18-23)16-21-11-13-24(14-12-21)30-19-22-9-5-2-6-10-22;3-1(4)2(5)6/h1-14,23H,15-19H2;(H,3,4)(H,5,6). The monoisotopic (exact) mass is 501 g/mol. The second-order valence-electron chi connectivity index (χ2n) is 8.63. The fourth-order valence-corrected chi connectivity index (χ4v) is 3.83. The van der Waals surface area contributed by atoms with Crippen LogP contribution in [0.15, 0.2) is 89.5 Å². The number of nitrogens with zero attached hydrogens (tertiary/aromatic N) is 3. The summed E-state index contributed by atoms with van der Waals surface area (Å²) in [4.78, 5) is 25.2. The predicted octanol–water partition coefficient (Wildman–Crippen LogP) is 3.99. The highest BCUT2D eigenvalue weighted by atomic mass is 16.5. The van der Waals surface area contributed by atoms with Crippen LogP contribution < -0.4 is 4.74 Å². The Morgan fingerprint density at radius 3 is 2.03 bits per heavy atom. The highest BCUT2D eigenvalue weighted by Gasteiger charge is 2.32. The van der Waals surface area contributed by atoms with E-state index in [0.717, 1.165) is 37.1 Å². The maximum absolute atomic E-state index is 9.10. The molecular formula is C28H27N3O6. The lowest BCUT2D eigenvalue weighted by molar-refractivity contribution is -0.159. The summed E-state index contributed by atoms with van der Waals surface area (Å²) < 4.78 is 11.4. The van der Waals surface area contributed by atoms with E-state index in [0.29, 0.717) is 18.9 Å². The number of carbonyl (C=O) groups is 2. The van der Waals surface area contributed by atoms with Gasteiger partial charge in [-0.05, 0) is 28.8 Å². The molecule has 2 N–H and O–H groups in total. The minimum Gasteiger partial charge on any atom is -0.489 e. The first kappa shape index (κ1) is 25.6. The maximum Gasteiger partial charge on any atom is 0.414 e. The zero-order valence-corrected chi connectivity index (χ0v) is 20.1. The summed E-state index contributed by atoms with van der Waals surface area (Å²) in [5, 5.41) is 18.9. The summed E-state index contributed by atoms with van der Waals surface area (Å²) in [5.41, 5.74) is 3.65. The van der Waals surface area contributed by atoms with Gasteiger partial charge in [0, 0.05) is 26.1 Å². The molecule has 1 saturated heterocycles. The second-order valence-corrected chi connectivity index (χ2v) is 8.63. The van der Waals surface area contributed by atoms with Gasteiger partial charge in [-0.15, -0.1) is 0 Å². The van der Waals surface area contributed by atoms with Crippen LogP contribution in [0.3, 0.4) is 0 Å². The van der Waals surface area contributed by atoms with Crippen LogP contribution in [0.25, 0.3) is 0 Å². The van der Waals surface area contributed by atoms with Gasteiger partial charge in [0.05, 0.1) is 5.92 Å². The molecule has 0 saturated carbocycles. The van der Waals surface area contributed by atoms with Crippen molar-refractivity contribution in [3.8, 4) is 5.75 Å². The Morgan fingerprint density at radius 2 is 1.43 bits per heavy atom. The van der Waals surface area contributed by atoms with E-state index < -0.39 is 11.9 Å². The van der Waals surface area contributed by atoms with Gasteiger partial charge in [0.25, 0.3) is 0 Å². The number of aliphatic carboxylic acids is 2. The van der Waals surface area contributed by atoms with E-state index in [4.69, 9.17) is 29.1 Å². The molecule has 0 aliphatic carbocycles. The lowest BCUT2D eigenvalue weighted by atomic mass is 9.99. The fourth-order valence-electron chi connectivity index (χ4n) is 3.83. The fraction of sp³-hybridized carbons (Fsp3) is 0.214. The Labute approximate surface area is 213 Å². The zero-order valence-electron chi connectivity index (χ0n) is 20.1. The topological polar surface area (TPSA) is 126 Å². The Morgan fingerprint density at radius 1 is 0.838 bits per heavy atom. The van der Waals surface area contributed by atoms with Gasteiger partial charge in [-0.25, -0.2) is 9.59 Å². The molecule has 4 aromatic rings. The van der Waals surface area contributed by atoms with Crippen molar-refractivity contribution in [1.29, 1.82) is 0 Å². The van der Waals surface area contributed by atoms with Crippen LogP contribution in [-0.2, 0) is 29.2 Å². The average molecular weight is 502 g/mol. The summed E-state index contributed by atoms with van der Waals surface area (Å²) in [5.74, 6) is -0.918. The Bertz CT molecular complexity index is 1270. The summed E-state index contributed by atoms with van der Waals surface area (Å²) in [6.45, 7) is 3.39. The third-order valence-corrected chi connectivity index (χ3v) is 5.76. The smallest absolute Gasteiger partial charge is 0.414 e. The van der Waals surface area contributed by atoms with Crippen LogP contribution in [0.5, 0.6) is 5.75 Å². The van der Waals surface area contributed by atoms with Gasteiger partial charge in [0.2, 0.25) is 5.89 Å². The van der Waals surface area contributed by atoms with E-state index >= 15 is 0 Å². The number of hydrogen-bond donors (Lipinski definition) is 2. The molecule has 0 spiro atoms. The Kier molecular flexibility index (Phi) is 8.62. The van der Waals surface area contributed by atoms with E-state index in [2.05, 4.69) is 51.4 Å². The van der Waals surface area contributed by atoms with Gasteiger partial charge in [0.1, 0.15) is 12.4 Å². The molecule has 1 fully saturated rings. The lowest BCUT2D eigenvalue weighted by Crippen LogP contribution is -2.44. The van der Waals surface area contributed by atoms with Gasteiger partial charge in [-0.3, -0.25) is 4.90 Å². The number of rotatable bonds is 8. The predicted molar refractivity (Wildman–Crippen MR) is 134 cm³/mol. The lowest BCUT2D eigenvalue weighted by Gasteiger charge is -2.37. The van der Waals surface area contributed by atoms with Crippen molar-refractivity contribution in [1.82, 2.24) is 15.0 Å². The minimum atomic E-state index is -1.82. The van der Waals surface area contributed by atoms with E-state index in [1.807, 2.05) is 48.5 Å². The Hall–Kier alpha value is -4.50. The van der Waals surface area contributed by atoms with Crippen LogP contribution in [0.2, 0.25) is 0 Å². The molecule has 0 bridgehead atoms.